The van der Waals surface area contributed by atoms with Crippen molar-refractivity contribution < 1.29 is 31.3 Å². The van der Waals surface area contributed by atoms with E-state index in [4.69, 9.17) is 9.15 Å². The summed E-state index contributed by atoms with van der Waals surface area (Å²) in [5.74, 6) is 0.426. The molecule has 32 heavy (non-hydrogen) atoms. The van der Waals surface area contributed by atoms with Gasteiger partial charge in [-0.15, -0.1) is 29.8 Å². The molecule has 5 aromatic rings. The predicted molar refractivity (Wildman–Crippen MR) is 124 cm³/mol. The maximum Gasteiger partial charge on any atom is 2.00 e. The van der Waals surface area contributed by atoms with Gasteiger partial charge in [0.25, 0.3) is 0 Å². The van der Waals surface area contributed by atoms with E-state index in [1.54, 1.807) is 18.2 Å². The summed E-state index contributed by atoms with van der Waals surface area (Å²) < 4.78 is 10.8. The molecule has 162 valence electrons. The molecule has 0 amide bonds. The monoisotopic (exact) mass is 466 g/mol. The van der Waals surface area contributed by atoms with Gasteiger partial charge in [-0.3, -0.25) is 0 Å². The van der Waals surface area contributed by atoms with Crippen LogP contribution in [0.3, 0.4) is 0 Å². The number of hydrogen-bond donors (Lipinski definition) is 1. The SMILES string of the molecule is COc1cc(-c2cc(-[c-]3cccc3)cc3c(C)cc(=O)oc23)ccc1O.[Fe+2].c1cc[cH-]c1. The predicted octanol–water partition coefficient (Wildman–Crippen LogP) is 6.27. The van der Waals surface area contributed by atoms with E-state index < -0.39 is 0 Å². The van der Waals surface area contributed by atoms with Crippen LogP contribution in [0.5, 0.6) is 11.5 Å². The summed E-state index contributed by atoms with van der Waals surface area (Å²) in [5, 5.41) is 10.8. The second-order valence-corrected chi connectivity index (χ2v) is 7.17. The van der Waals surface area contributed by atoms with E-state index in [0.717, 1.165) is 33.2 Å². The zero-order valence-electron chi connectivity index (χ0n) is 17.7. The van der Waals surface area contributed by atoms with Crippen LogP contribution in [0.2, 0.25) is 0 Å². The number of fused-ring (bicyclic) bond motifs is 1. The van der Waals surface area contributed by atoms with Crippen molar-refractivity contribution in [2.45, 2.75) is 6.92 Å². The number of benzene rings is 2. The number of aryl methyl sites for hydroxylation is 1. The van der Waals surface area contributed by atoms with Gasteiger partial charge in [0.1, 0.15) is 5.58 Å². The van der Waals surface area contributed by atoms with Crippen LogP contribution >= 0.6 is 0 Å². The summed E-state index contributed by atoms with van der Waals surface area (Å²) in [6, 6.07) is 28.7. The number of methoxy groups -OCH3 is 1. The van der Waals surface area contributed by atoms with Crippen LogP contribution in [0, 0.1) is 6.92 Å². The molecule has 4 aromatic carbocycles. The van der Waals surface area contributed by atoms with E-state index in [1.165, 1.54) is 13.2 Å². The van der Waals surface area contributed by atoms with E-state index in [-0.39, 0.29) is 28.4 Å². The molecule has 1 N–H and O–H groups in total. The Morgan fingerprint density at radius 2 is 1.72 bits per heavy atom. The molecule has 0 spiro atoms. The molecule has 0 aliphatic rings. The van der Waals surface area contributed by atoms with Gasteiger partial charge in [-0.25, -0.2) is 16.9 Å². The van der Waals surface area contributed by atoms with Crippen LogP contribution in [0.4, 0.5) is 0 Å². The Kier molecular flexibility index (Phi) is 7.36. The molecule has 0 saturated heterocycles. The molecule has 0 atom stereocenters. The minimum Gasteiger partial charge on any atom is -0.504 e. The molecule has 1 heterocycles. The average Bonchev–Trinajstić information content (AvgIpc) is 3.50. The molecule has 1 aromatic heterocycles. The summed E-state index contributed by atoms with van der Waals surface area (Å²) in [5.41, 5.74) is 4.69. The van der Waals surface area contributed by atoms with Crippen LogP contribution in [0.25, 0.3) is 33.2 Å². The Labute approximate surface area is 196 Å². The van der Waals surface area contributed by atoms with Gasteiger partial charge >= 0.3 is 22.7 Å². The largest absolute Gasteiger partial charge is 2.00 e. The first-order valence-electron chi connectivity index (χ1n) is 9.91. The topological polar surface area (TPSA) is 59.7 Å². The van der Waals surface area contributed by atoms with Crippen molar-refractivity contribution in [3.05, 3.63) is 107 Å². The van der Waals surface area contributed by atoms with Crippen molar-refractivity contribution in [1.29, 1.82) is 0 Å². The molecule has 0 unspecified atom stereocenters. The Morgan fingerprint density at radius 1 is 1.00 bits per heavy atom. The van der Waals surface area contributed by atoms with Gasteiger partial charge in [-0.1, -0.05) is 11.6 Å². The van der Waals surface area contributed by atoms with E-state index in [2.05, 4.69) is 0 Å². The van der Waals surface area contributed by atoms with E-state index >= 15 is 0 Å². The number of phenolic OH excluding ortho intramolecular Hbond substituents is 1. The summed E-state index contributed by atoms with van der Waals surface area (Å²) in [6.45, 7) is 1.90. The first-order chi connectivity index (χ1) is 15.1. The molecule has 0 saturated carbocycles. The van der Waals surface area contributed by atoms with Crippen molar-refractivity contribution in [2.24, 2.45) is 0 Å². The van der Waals surface area contributed by atoms with Gasteiger partial charge in [0.05, 0.1) is 7.11 Å². The van der Waals surface area contributed by atoms with Crippen LogP contribution in [-0.2, 0) is 17.1 Å². The quantitative estimate of drug-likeness (QED) is 0.193. The number of hydrogen-bond acceptors (Lipinski definition) is 4. The van der Waals surface area contributed by atoms with E-state index in [1.807, 2.05) is 73.7 Å². The molecule has 0 fully saturated rings. The van der Waals surface area contributed by atoms with Crippen molar-refractivity contribution in [3.63, 3.8) is 0 Å². The van der Waals surface area contributed by atoms with Crippen molar-refractivity contribution in [3.8, 4) is 33.8 Å². The van der Waals surface area contributed by atoms with Crippen LogP contribution in [-0.4, -0.2) is 12.2 Å². The van der Waals surface area contributed by atoms with Crippen molar-refractivity contribution in [1.82, 2.24) is 0 Å². The maximum absolute atomic E-state index is 11.9. The summed E-state index contributed by atoms with van der Waals surface area (Å²) in [6.07, 6.45) is 0. The zero-order chi connectivity index (χ0) is 21.8. The van der Waals surface area contributed by atoms with Crippen LogP contribution < -0.4 is 10.4 Å². The van der Waals surface area contributed by atoms with Gasteiger partial charge in [0.15, 0.2) is 11.5 Å². The fourth-order valence-corrected chi connectivity index (χ4v) is 3.53. The fraction of sp³-hybridized carbons (Fsp3) is 0.0741. The normalized spacial score (nSPS) is 10.2. The fourth-order valence-electron chi connectivity index (χ4n) is 3.53. The molecular weight excluding hydrogens is 444 g/mol. The number of ether oxygens (including phenoxy) is 1. The van der Waals surface area contributed by atoms with E-state index in [0.29, 0.717) is 11.3 Å². The average molecular weight is 466 g/mol. The molecule has 5 heteroatoms. The molecule has 0 radical (unpaired) electrons. The molecule has 0 bridgehead atoms. The second-order valence-electron chi connectivity index (χ2n) is 7.17. The van der Waals surface area contributed by atoms with E-state index in [9.17, 15) is 9.90 Å². The Morgan fingerprint density at radius 3 is 2.34 bits per heavy atom. The summed E-state index contributed by atoms with van der Waals surface area (Å²) in [7, 11) is 1.50. The zero-order valence-corrected chi connectivity index (χ0v) is 18.8. The Hall–Kier alpha value is -3.53. The van der Waals surface area contributed by atoms with Gasteiger partial charge in [0, 0.05) is 6.07 Å². The Bertz CT molecular complexity index is 1330. The first-order valence-corrected chi connectivity index (χ1v) is 9.91. The van der Waals surface area contributed by atoms with Crippen LogP contribution in [0.15, 0.2) is 100 Å². The maximum atomic E-state index is 11.9. The number of aromatic hydroxyl groups is 1. The third-order valence-corrected chi connectivity index (χ3v) is 5.09. The van der Waals surface area contributed by atoms with Gasteiger partial charge in [0.2, 0.25) is 0 Å². The molecular formula is C27H22FeO4. The third-order valence-electron chi connectivity index (χ3n) is 5.09. The van der Waals surface area contributed by atoms with Gasteiger partial charge in [-0.2, -0.15) is 30.3 Å². The minimum absolute atomic E-state index is 0. The molecule has 0 aliphatic heterocycles. The Balaban J connectivity index is 0.000000427. The third kappa shape index (κ3) is 4.86. The van der Waals surface area contributed by atoms with Gasteiger partial charge < -0.3 is 14.3 Å². The first kappa shape index (κ1) is 23.1. The number of rotatable bonds is 3. The number of phenols is 1. The summed E-state index contributed by atoms with van der Waals surface area (Å²) >= 11 is 0. The standard InChI is InChI=1S/C22H17O4.C5H5.Fe/c1-13-9-21(24)26-22-17(13)10-16(14-5-3-4-6-14)11-18(22)15-7-8-19(23)20(12-15)25-2;1-2-4-5-3-1;/h3-12,23H,1-2H3;1-5H;/q2*-1;+2. The van der Waals surface area contributed by atoms with Crippen molar-refractivity contribution >= 4 is 11.0 Å². The van der Waals surface area contributed by atoms with Gasteiger partial charge in [-0.05, 0) is 41.1 Å². The summed E-state index contributed by atoms with van der Waals surface area (Å²) in [4.78, 5) is 11.9. The molecule has 4 nitrogen and oxygen atoms in total. The molecule has 5 rings (SSSR count). The minimum atomic E-state index is -0.386. The molecule has 0 aliphatic carbocycles. The van der Waals surface area contributed by atoms with Crippen molar-refractivity contribution in [2.75, 3.05) is 7.11 Å². The second kappa shape index (κ2) is 10.2. The smallest absolute Gasteiger partial charge is 0.504 e. The van der Waals surface area contributed by atoms with Crippen LogP contribution in [0.1, 0.15) is 5.56 Å².